The number of carboxylic acid groups (broad SMARTS) is 1. The Morgan fingerprint density at radius 3 is 2.12 bits per heavy atom. The molecule has 2 fully saturated rings. The predicted octanol–water partition coefficient (Wildman–Crippen LogP) is 0.650. The van der Waals surface area contributed by atoms with Crippen molar-refractivity contribution in [1.29, 1.82) is 0 Å². The molecule has 0 unspecified atom stereocenters. The summed E-state index contributed by atoms with van der Waals surface area (Å²) in [6.07, 6.45) is 1.49. The number of fused-ring (bicyclic) bond motifs is 1. The molecule has 0 aliphatic carbocycles. The monoisotopic (exact) mass is 696 g/mol. The fourth-order valence-electron chi connectivity index (χ4n) is 6.25. The number of carbonyl (C=O) groups excluding carboxylic acids is 6. The van der Waals surface area contributed by atoms with Gasteiger partial charge in [0.05, 0.1) is 19.5 Å². The lowest BCUT2D eigenvalue weighted by Gasteiger charge is -2.27. The van der Waals surface area contributed by atoms with Crippen molar-refractivity contribution in [2.75, 3.05) is 31.5 Å². The Hall–Kier alpha value is -5.28. The van der Waals surface area contributed by atoms with Gasteiger partial charge in [-0.1, -0.05) is 13.8 Å². The zero-order valence-corrected chi connectivity index (χ0v) is 28.4. The van der Waals surface area contributed by atoms with E-state index >= 15 is 0 Å². The van der Waals surface area contributed by atoms with Crippen molar-refractivity contribution in [2.24, 2.45) is 5.92 Å². The number of nitrogens with zero attached hydrogens (tertiary/aromatic N) is 2. The Kier molecular flexibility index (Phi) is 12.7. The normalized spacial score (nSPS) is 17.8. The second-order valence-corrected chi connectivity index (χ2v) is 13.0. The Labute approximate surface area is 288 Å². The first kappa shape index (κ1) is 37.5. The van der Waals surface area contributed by atoms with E-state index < -0.39 is 78.3 Å². The maximum absolute atomic E-state index is 13.3. The number of likely N-dealkylation sites (tertiary alicyclic amines) is 2. The lowest BCUT2D eigenvalue weighted by Crippen LogP contribution is -2.55. The van der Waals surface area contributed by atoms with Crippen LogP contribution in [0.2, 0.25) is 0 Å². The van der Waals surface area contributed by atoms with E-state index in [0.29, 0.717) is 43.5 Å². The number of aryl methyl sites for hydroxylation is 1. The highest BCUT2D eigenvalue weighted by Gasteiger charge is 2.37. The fraction of sp³-hybridized carbons (Fsp3) is 0.529. The summed E-state index contributed by atoms with van der Waals surface area (Å²) in [7, 11) is 0. The first-order valence-electron chi connectivity index (χ1n) is 16.7. The Morgan fingerprint density at radius 2 is 1.50 bits per heavy atom. The van der Waals surface area contributed by atoms with Gasteiger partial charge in [0, 0.05) is 42.7 Å². The minimum Gasteiger partial charge on any atom is -0.481 e. The van der Waals surface area contributed by atoms with Gasteiger partial charge in [-0.05, 0) is 62.6 Å². The first-order valence-corrected chi connectivity index (χ1v) is 16.7. The molecular weight excluding hydrogens is 652 g/mol. The number of anilines is 1. The molecule has 4 rings (SSSR count). The Morgan fingerprint density at radius 1 is 0.880 bits per heavy atom. The molecule has 50 heavy (non-hydrogen) atoms. The number of hydrogen-bond donors (Lipinski definition) is 5. The number of benzene rings is 1. The van der Waals surface area contributed by atoms with Crippen LogP contribution >= 0.6 is 0 Å². The van der Waals surface area contributed by atoms with Crippen LogP contribution in [0.1, 0.15) is 64.4 Å². The molecule has 2 aliphatic rings. The smallest absolute Gasteiger partial charge is 0.336 e. The van der Waals surface area contributed by atoms with Crippen LogP contribution in [-0.4, -0.2) is 101 Å². The second kappa shape index (κ2) is 16.9. The summed E-state index contributed by atoms with van der Waals surface area (Å²) >= 11 is 0. The molecule has 3 atom stereocenters. The maximum Gasteiger partial charge on any atom is 0.336 e. The third kappa shape index (κ3) is 9.89. The van der Waals surface area contributed by atoms with Gasteiger partial charge >= 0.3 is 11.6 Å². The topological polar surface area (TPSA) is 225 Å². The number of carboxylic acids is 1. The van der Waals surface area contributed by atoms with Gasteiger partial charge in [0.25, 0.3) is 0 Å². The van der Waals surface area contributed by atoms with Gasteiger partial charge in [0.1, 0.15) is 23.7 Å². The lowest BCUT2D eigenvalue weighted by atomic mass is 10.0. The minimum atomic E-state index is -1.14. The van der Waals surface area contributed by atoms with E-state index in [1.54, 1.807) is 25.1 Å². The molecule has 16 nitrogen and oxygen atoms in total. The molecule has 1 aromatic heterocycles. The van der Waals surface area contributed by atoms with Crippen molar-refractivity contribution in [3.63, 3.8) is 0 Å². The van der Waals surface area contributed by atoms with E-state index in [-0.39, 0.29) is 31.7 Å². The number of nitrogens with one attached hydrogen (secondary N) is 4. The maximum atomic E-state index is 13.3. The Balaban J connectivity index is 1.32. The molecule has 2 saturated heterocycles. The van der Waals surface area contributed by atoms with Crippen molar-refractivity contribution in [3.05, 3.63) is 40.2 Å². The molecule has 0 saturated carbocycles. The number of carbonyl (C=O) groups is 7. The van der Waals surface area contributed by atoms with Gasteiger partial charge in [-0.2, -0.15) is 0 Å². The van der Waals surface area contributed by atoms with Crippen LogP contribution in [0.15, 0.2) is 33.5 Å². The molecule has 270 valence electrons. The van der Waals surface area contributed by atoms with Gasteiger partial charge in [-0.3, -0.25) is 33.6 Å². The molecular formula is C34H44N6O10. The van der Waals surface area contributed by atoms with Gasteiger partial charge in [0.2, 0.25) is 35.4 Å². The van der Waals surface area contributed by atoms with Crippen molar-refractivity contribution >= 4 is 58.1 Å². The van der Waals surface area contributed by atoms with Crippen molar-refractivity contribution in [3.8, 4) is 0 Å². The van der Waals surface area contributed by atoms with E-state index in [1.807, 2.05) is 13.8 Å². The van der Waals surface area contributed by atoms with Crippen LogP contribution in [0, 0.1) is 12.8 Å². The molecule has 0 bridgehead atoms. The molecule has 2 aromatic rings. The molecule has 3 heterocycles. The highest BCUT2D eigenvalue weighted by atomic mass is 16.4. The molecule has 0 radical (unpaired) electrons. The zero-order chi connectivity index (χ0) is 36.5. The van der Waals surface area contributed by atoms with Crippen LogP contribution in [-0.2, 0) is 33.6 Å². The van der Waals surface area contributed by atoms with Gasteiger partial charge in [-0.25, -0.2) is 4.79 Å². The number of aliphatic carboxylic acids is 1. The van der Waals surface area contributed by atoms with Crippen molar-refractivity contribution in [1.82, 2.24) is 25.8 Å². The van der Waals surface area contributed by atoms with Crippen molar-refractivity contribution < 1.29 is 43.1 Å². The van der Waals surface area contributed by atoms with Gasteiger partial charge in [0.15, 0.2) is 0 Å². The van der Waals surface area contributed by atoms with Crippen LogP contribution in [0.25, 0.3) is 11.0 Å². The van der Waals surface area contributed by atoms with Crippen molar-refractivity contribution in [2.45, 2.75) is 83.8 Å². The summed E-state index contributed by atoms with van der Waals surface area (Å²) in [5.74, 6) is -4.27. The summed E-state index contributed by atoms with van der Waals surface area (Å²) in [6.45, 7) is 5.32. The summed E-state index contributed by atoms with van der Waals surface area (Å²) in [6, 6.07) is 3.70. The SMILES string of the molecule is Cc1cc(=O)oc2cc(NC(=O)[C@@H]3CCCN3C(=O)CNC(=O)[C@H](CC(C)C)NC(=O)[C@@H]3CCCN3C(=O)CNC(=O)CCC(=O)O)ccc12. The predicted molar refractivity (Wildman–Crippen MR) is 180 cm³/mol. The average Bonchev–Trinajstić information content (AvgIpc) is 3.75. The number of rotatable bonds is 14. The molecule has 5 N–H and O–H groups in total. The van der Waals surface area contributed by atoms with E-state index in [2.05, 4.69) is 21.3 Å². The third-order valence-electron chi connectivity index (χ3n) is 8.73. The van der Waals surface area contributed by atoms with Crippen LogP contribution in [0.5, 0.6) is 0 Å². The molecule has 6 amide bonds. The fourth-order valence-corrected chi connectivity index (χ4v) is 6.25. The van der Waals surface area contributed by atoms with Gasteiger partial charge < -0.3 is 40.6 Å². The van der Waals surface area contributed by atoms with Gasteiger partial charge in [-0.15, -0.1) is 0 Å². The molecule has 1 aromatic carbocycles. The molecule has 16 heteroatoms. The minimum absolute atomic E-state index is 0.0113. The van der Waals surface area contributed by atoms with Crippen LogP contribution in [0.4, 0.5) is 5.69 Å². The van der Waals surface area contributed by atoms with Crippen LogP contribution < -0.4 is 26.9 Å². The van der Waals surface area contributed by atoms with E-state index in [9.17, 15) is 38.4 Å². The summed E-state index contributed by atoms with van der Waals surface area (Å²) in [4.78, 5) is 103. The zero-order valence-electron chi connectivity index (χ0n) is 28.4. The standard InChI is InChI=1S/C34H44N6O10/c1-19(2)14-23(38-34(49)25-7-5-13-40(25)28(42)17-35-27(41)10-11-30(44)45)32(47)36-18-29(43)39-12-4-6-24(39)33(48)37-21-8-9-22-20(3)15-31(46)50-26(22)16-21/h8-9,15-16,19,23-25H,4-7,10-14,17-18H2,1-3H3,(H,35,41)(H,36,47)(H,37,48)(H,38,49)(H,44,45)/t23-,24-,25-/m0/s1. The summed E-state index contributed by atoms with van der Waals surface area (Å²) < 4.78 is 5.26. The lowest BCUT2D eigenvalue weighted by molar-refractivity contribution is -0.140. The quantitative estimate of drug-likeness (QED) is 0.173. The third-order valence-corrected chi connectivity index (χ3v) is 8.73. The average molecular weight is 697 g/mol. The second-order valence-electron chi connectivity index (χ2n) is 13.0. The summed E-state index contributed by atoms with van der Waals surface area (Å²) in [5, 5.41) is 19.9. The van der Waals surface area contributed by atoms with E-state index in [0.717, 1.165) is 10.9 Å². The van der Waals surface area contributed by atoms with Crippen LogP contribution in [0.3, 0.4) is 0 Å². The number of hydrogen-bond acceptors (Lipinski definition) is 9. The molecule has 0 spiro atoms. The Bertz CT molecular complexity index is 1700. The highest BCUT2D eigenvalue weighted by molar-refractivity contribution is 6.00. The van der Waals surface area contributed by atoms with E-state index in [4.69, 9.17) is 9.52 Å². The summed E-state index contributed by atoms with van der Waals surface area (Å²) in [5.41, 5.74) is 0.959. The number of amides is 6. The molecule has 2 aliphatic heterocycles. The highest BCUT2D eigenvalue weighted by Crippen LogP contribution is 2.23. The first-order chi connectivity index (χ1) is 23.7. The van der Waals surface area contributed by atoms with E-state index in [1.165, 1.54) is 15.9 Å². The largest absolute Gasteiger partial charge is 0.481 e.